The summed E-state index contributed by atoms with van der Waals surface area (Å²) >= 11 is 5.89. The highest BCUT2D eigenvalue weighted by Gasteiger charge is 2.20. The van der Waals surface area contributed by atoms with Gasteiger partial charge in [0.15, 0.2) is 0 Å². The van der Waals surface area contributed by atoms with E-state index in [1.54, 1.807) is 0 Å². The van der Waals surface area contributed by atoms with Crippen LogP contribution in [0.1, 0.15) is 24.0 Å². The maximum atomic E-state index is 12.4. The first-order chi connectivity index (χ1) is 12.1. The van der Waals surface area contributed by atoms with E-state index in [2.05, 4.69) is 0 Å². The summed E-state index contributed by atoms with van der Waals surface area (Å²) in [6.07, 6.45) is 2.17. The van der Waals surface area contributed by atoms with Crippen LogP contribution in [-0.4, -0.2) is 29.9 Å². The number of carbonyl (C=O) groups is 1. The molecule has 1 aliphatic heterocycles. The molecule has 1 aliphatic rings. The van der Waals surface area contributed by atoms with Crippen LogP contribution < -0.4 is 10.5 Å². The molecule has 0 atom stereocenters. The van der Waals surface area contributed by atoms with Gasteiger partial charge < -0.3 is 15.4 Å². The highest BCUT2D eigenvalue weighted by Crippen LogP contribution is 2.18. The second-order valence-corrected chi connectivity index (χ2v) is 6.89. The molecule has 132 valence electrons. The van der Waals surface area contributed by atoms with Crippen LogP contribution in [0.5, 0.6) is 5.75 Å². The molecule has 0 bridgehead atoms. The van der Waals surface area contributed by atoms with Gasteiger partial charge in [-0.3, -0.25) is 4.79 Å². The Morgan fingerprint density at radius 1 is 1.12 bits per heavy atom. The zero-order valence-corrected chi connectivity index (χ0v) is 14.9. The molecule has 25 heavy (non-hydrogen) atoms. The minimum Gasteiger partial charge on any atom is -0.489 e. The summed E-state index contributed by atoms with van der Waals surface area (Å²) in [6, 6.07) is 15.5. The number of benzene rings is 2. The predicted molar refractivity (Wildman–Crippen MR) is 99.7 cm³/mol. The molecule has 1 fully saturated rings. The summed E-state index contributed by atoms with van der Waals surface area (Å²) < 4.78 is 5.83. The van der Waals surface area contributed by atoms with Gasteiger partial charge in [-0.25, -0.2) is 0 Å². The predicted octanol–water partition coefficient (Wildman–Crippen LogP) is 3.41. The van der Waals surface area contributed by atoms with Gasteiger partial charge in [0, 0.05) is 24.2 Å². The minimum absolute atomic E-state index is 0.154. The summed E-state index contributed by atoms with van der Waals surface area (Å²) in [7, 11) is 0. The fraction of sp³-hybridized carbons (Fsp3) is 0.350. The van der Waals surface area contributed by atoms with E-state index in [4.69, 9.17) is 22.1 Å². The largest absolute Gasteiger partial charge is 0.489 e. The number of nitrogens with zero attached hydrogens (tertiary/aromatic N) is 1. The third-order valence-corrected chi connectivity index (χ3v) is 4.72. The van der Waals surface area contributed by atoms with Gasteiger partial charge in [-0.1, -0.05) is 35.9 Å². The van der Waals surface area contributed by atoms with E-state index in [-0.39, 0.29) is 11.9 Å². The van der Waals surface area contributed by atoms with Crippen LogP contribution in [0, 0.1) is 0 Å². The summed E-state index contributed by atoms with van der Waals surface area (Å²) in [5, 5.41) is 0.711. The molecule has 1 saturated heterocycles. The quantitative estimate of drug-likeness (QED) is 0.891. The molecule has 0 aromatic heterocycles. The summed E-state index contributed by atoms with van der Waals surface area (Å²) in [6.45, 7) is 1.98. The van der Waals surface area contributed by atoms with Crippen molar-refractivity contribution in [1.82, 2.24) is 4.90 Å². The first-order valence-corrected chi connectivity index (χ1v) is 8.97. The SMILES string of the molecule is NC1CCN(C(=O)Cc2cccc(OCc3ccc(Cl)cc3)c2)CC1. The Morgan fingerprint density at radius 3 is 2.56 bits per heavy atom. The van der Waals surface area contributed by atoms with Crippen LogP contribution in [0.25, 0.3) is 0 Å². The van der Waals surface area contributed by atoms with Gasteiger partial charge >= 0.3 is 0 Å². The Morgan fingerprint density at radius 2 is 1.84 bits per heavy atom. The maximum Gasteiger partial charge on any atom is 0.226 e. The number of rotatable bonds is 5. The molecular weight excluding hydrogens is 336 g/mol. The topological polar surface area (TPSA) is 55.6 Å². The number of carbonyl (C=O) groups excluding carboxylic acids is 1. The summed E-state index contributed by atoms with van der Waals surface area (Å²) in [5.41, 5.74) is 7.91. The second kappa shape index (κ2) is 8.37. The minimum atomic E-state index is 0.154. The number of likely N-dealkylation sites (tertiary alicyclic amines) is 1. The van der Waals surface area contributed by atoms with Crippen molar-refractivity contribution in [2.24, 2.45) is 5.73 Å². The molecular formula is C20H23ClN2O2. The average molecular weight is 359 g/mol. The Labute approximate surface area is 153 Å². The third kappa shape index (κ3) is 5.21. The van der Waals surface area contributed by atoms with E-state index >= 15 is 0 Å². The van der Waals surface area contributed by atoms with Crippen LogP contribution >= 0.6 is 11.6 Å². The van der Waals surface area contributed by atoms with Gasteiger partial charge in [-0.2, -0.15) is 0 Å². The Kier molecular flexibility index (Phi) is 5.95. The van der Waals surface area contributed by atoms with E-state index in [0.717, 1.165) is 42.8 Å². The normalized spacial score (nSPS) is 15.2. The number of nitrogens with two attached hydrogens (primary N) is 1. The lowest BCUT2D eigenvalue weighted by Gasteiger charge is -2.30. The molecule has 0 radical (unpaired) electrons. The van der Waals surface area contributed by atoms with E-state index in [1.807, 2.05) is 53.4 Å². The van der Waals surface area contributed by atoms with Crippen LogP contribution in [0.15, 0.2) is 48.5 Å². The van der Waals surface area contributed by atoms with Crippen molar-refractivity contribution in [1.29, 1.82) is 0 Å². The highest BCUT2D eigenvalue weighted by molar-refractivity contribution is 6.30. The van der Waals surface area contributed by atoms with Crippen molar-refractivity contribution < 1.29 is 9.53 Å². The van der Waals surface area contributed by atoms with E-state index < -0.39 is 0 Å². The molecule has 2 aromatic rings. The summed E-state index contributed by atoms with van der Waals surface area (Å²) in [5.74, 6) is 0.919. The molecule has 1 heterocycles. The molecule has 1 amide bonds. The van der Waals surface area contributed by atoms with Gasteiger partial charge in [0.2, 0.25) is 5.91 Å². The molecule has 0 spiro atoms. The number of piperidine rings is 1. The lowest BCUT2D eigenvalue weighted by molar-refractivity contribution is -0.131. The van der Waals surface area contributed by atoms with Crippen LogP contribution in [-0.2, 0) is 17.8 Å². The van der Waals surface area contributed by atoms with E-state index in [9.17, 15) is 4.79 Å². The lowest BCUT2D eigenvalue weighted by Crippen LogP contribution is -2.43. The Hall–Kier alpha value is -2.04. The average Bonchev–Trinajstić information content (AvgIpc) is 2.62. The first kappa shape index (κ1) is 17.8. The fourth-order valence-corrected chi connectivity index (χ4v) is 3.05. The smallest absolute Gasteiger partial charge is 0.226 e. The number of amides is 1. The van der Waals surface area contributed by atoms with Crippen molar-refractivity contribution >= 4 is 17.5 Å². The van der Waals surface area contributed by atoms with Crippen LogP contribution in [0.2, 0.25) is 5.02 Å². The Balaban J connectivity index is 1.55. The molecule has 0 unspecified atom stereocenters. The number of hydrogen-bond donors (Lipinski definition) is 1. The van der Waals surface area contributed by atoms with Crippen molar-refractivity contribution in [3.63, 3.8) is 0 Å². The van der Waals surface area contributed by atoms with E-state index in [0.29, 0.717) is 18.1 Å². The number of ether oxygens (including phenoxy) is 1. The van der Waals surface area contributed by atoms with Crippen molar-refractivity contribution in [2.45, 2.75) is 31.9 Å². The van der Waals surface area contributed by atoms with Gasteiger partial charge in [-0.15, -0.1) is 0 Å². The van der Waals surface area contributed by atoms with E-state index in [1.165, 1.54) is 0 Å². The van der Waals surface area contributed by atoms with Gasteiger partial charge in [0.05, 0.1) is 6.42 Å². The summed E-state index contributed by atoms with van der Waals surface area (Å²) in [4.78, 5) is 14.3. The van der Waals surface area contributed by atoms with Gasteiger partial charge in [0.25, 0.3) is 0 Å². The Bertz CT molecular complexity index is 710. The highest BCUT2D eigenvalue weighted by atomic mass is 35.5. The van der Waals surface area contributed by atoms with Gasteiger partial charge in [0.1, 0.15) is 12.4 Å². The number of hydrogen-bond acceptors (Lipinski definition) is 3. The monoisotopic (exact) mass is 358 g/mol. The fourth-order valence-electron chi connectivity index (χ4n) is 2.93. The first-order valence-electron chi connectivity index (χ1n) is 8.60. The molecule has 0 aliphatic carbocycles. The van der Waals surface area contributed by atoms with Crippen molar-refractivity contribution in [2.75, 3.05) is 13.1 Å². The molecule has 2 aromatic carbocycles. The standard InChI is InChI=1S/C20H23ClN2O2/c21-17-6-4-15(5-7-17)14-25-19-3-1-2-16(12-19)13-20(24)23-10-8-18(22)9-11-23/h1-7,12,18H,8-11,13-14,22H2. The zero-order valence-electron chi connectivity index (χ0n) is 14.2. The van der Waals surface area contributed by atoms with Crippen molar-refractivity contribution in [3.05, 3.63) is 64.7 Å². The van der Waals surface area contributed by atoms with Gasteiger partial charge in [-0.05, 0) is 48.2 Å². The lowest BCUT2D eigenvalue weighted by atomic mass is 10.0. The maximum absolute atomic E-state index is 12.4. The molecule has 0 saturated carbocycles. The molecule has 4 nitrogen and oxygen atoms in total. The van der Waals surface area contributed by atoms with Crippen molar-refractivity contribution in [3.8, 4) is 5.75 Å². The van der Waals surface area contributed by atoms with Crippen LogP contribution in [0.3, 0.4) is 0 Å². The third-order valence-electron chi connectivity index (χ3n) is 4.46. The zero-order chi connectivity index (χ0) is 17.6. The molecule has 3 rings (SSSR count). The second-order valence-electron chi connectivity index (χ2n) is 6.46. The molecule has 2 N–H and O–H groups in total. The molecule has 5 heteroatoms. The number of halogens is 1. The van der Waals surface area contributed by atoms with Crippen LogP contribution in [0.4, 0.5) is 0 Å².